The van der Waals surface area contributed by atoms with Gasteiger partial charge in [0.05, 0.1) is 11.1 Å². The van der Waals surface area contributed by atoms with Gasteiger partial charge in [-0.1, -0.05) is 24.3 Å². The van der Waals surface area contributed by atoms with Crippen molar-refractivity contribution in [3.63, 3.8) is 0 Å². The predicted octanol–water partition coefficient (Wildman–Crippen LogP) is 1.72. The number of hydrogen-bond acceptors (Lipinski definition) is 5. The Labute approximate surface area is 135 Å². The molecule has 0 amide bonds. The Balaban J connectivity index is 2.06. The van der Waals surface area contributed by atoms with Crippen LogP contribution in [0.4, 0.5) is 0 Å². The van der Waals surface area contributed by atoms with Crippen molar-refractivity contribution >= 4 is 11.9 Å². The maximum absolute atomic E-state index is 11.1. The molecule has 1 heterocycles. The smallest absolute Gasteiger partial charge is 0.335 e. The molecule has 1 aromatic heterocycles. The minimum absolute atomic E-state index is 0.102. The maximum atomic E-state index is 11.1. The quantitative estimate of drug-likeness (QED) is 0.622. The molecular formula is C16H12N4O4. The number of carboxylic acid groups (broad SMARTS) is 2. The van der Waals surface area contributed by atoms with Crippen LogP contribution in [0.5, 0.6) is 0 Å². The predicted molar refractivity (Wildman–Crippen MR) is 85.0 cm³/mol. The number of benzene rings is 2. The van der Waals surface area contributed by atoms with Gasteiger partial charge in [0.2, 0.25) is 0 Å². The summed E-state index contributed by atoms with van der Waals surface area (Å²) < 4.78 is 1.20. The molecule has 8 heteroatoms. The molecule has 0 aliphatic carbocycles. The first-order valence-electron chi connectivity index (χ1n) is 6.85. The SMILES string of the molecule is Nn1c(-c2cccc(C(=O)O)c2)nnc1-c1cccc(C(=O)O)c1. The summed E-state index contributed by atoms with van der Waals surface area (Å²) >= 11 is 0. The second-order valence-electron chi connectivity index (χ2n) is 4.99. The van der Waals surface area contributed by atoms with E-state index in [2.05, 4.69) is 10.2 Å². The highest BCUT2D eigenvalue weighted by Crippen LogP contribution is 2.23. The van der Waals surface area contributed by atoms with Crippen molar-refractivity contribution in [3.8, 4) is 22.8 Å². The number of nitrogens with two attached hydrogens (primary N) is 1. The molecule has 0 aliphatic rings. The van der Waals surface area contributed by atoms with Crippen molar-refractivity contribution in [3.05, 3.63) is 59.7 Å². The van der Waals surface area contributed by atoms with E-state index in [4.69, 9.17) is 16.1 Å². The second-order valence-corrected chi connectivity index (χ2v) is 4.99. The van der Waals surface area contributed by atoms with E-state index in [9.17, 15) is 9.59 Å². The number of nitrogens with zero attached hydrogens (tertiary/aromatic N) is 3. The number of aromatic carboxylic acids is 2. The molecule has 0 bridgehead atoms. The zero-order valence-corrected chi connectivity index (χ0v) is 12.2. The molecule has 0 saturated heterocycles. The van der Waals surface area contributed by atoms with Crippen molar-refractivity contribution in [2.45, 2.75) is 0 Å². The van der Waals surface area contributed by atoms with Crippen molar-refractivity contribution in [2.75, 3.05) is 5.84 Å². The molecule has 8 nitrogen and oxygen atoms in total. The highest BCUT2D eigenvalue weighted by Gasteiger charge is 2.16. The van der Waals surface area contributed by atoms with Gasteiger partial charge in [-0.25, -0.2) is 14.3 Å². The Morgan fingerprint density at radius 1 is 0.833 bits per heavy atom. The Hall–Kier alpha value is -3.68. The molecule has 0 aliphatic heterocycles. The largest absolute Gasteiger partial charge is 0.478 e. The lowest BCUT2D eigenvalue weighted by atomic mass is 10.1. The van der Waals surface area contributed by atoms with Gasteiger partial charge in [-0.15, -0.1) is 10.2 Å². The zero-order valence-electron chi connectivity index (χ0n) is 12.2. The maximum Gasteiger partial charge on any atom is 0.335 e. The minimum Gasteiger partial charge on any atom is -0.478 e. The number of carboxylic acids is 2. The minimum atomic E-state index is -1.06. The van der Waals surface area contributed by atoms with Crippen LogP contribution in [0.15, 0.2) is 48.5 Å². The molecule has 24 heavy (non-hydrogen) atoms. The summed E-state index contributed by atoms with van der Waals surface area (Å²) in [5.41, 5.74) is 1.19. The van der Waals surface area contributed by atoms with Gasteiger partial charge < -0.3 is 16.1 Å². The molecular weight excluding hydrogens is 312 g/mol. The van der Waals surface area contributed by atoms with Gasteiger partial charge in [-0.05, 0) is 24.3 Å². The van der Waals surface area contributed by atoms with Crippen LogP contribution in [-0.2, 0) is 0 Å². The lowest BCUT2D eigenvalue weighted by Crippen LogP contribution is -2.12. The lowest BCUT2D eigenvalue weighted by Gasteiger charge is -2.05. The van der Waals surface area contributed by atoms with Gasteiger partial charge in [0.15, 0.2) is 11.6 Å². The van der Waals surface area contributed by atoms with Crippen molar-refractivity contribution < 1.29 is 19.8 Å². The number of hydrogen-bond donors (Lipinski definition) is 3. The van der Waals surface area contributed by atoms with E-state index in [1.54, 1.807) is 24.3 Å². The van der Waals surface area contributed by atoms with Gasteiger partial charge in [-0.2, -0.15) is 0 Å². The topological polar surface area (TPSA) is 131 Å². The van der Waals surface area contributed by atoms with E-state index in [1.807, 2.05) is 0 Å². The Bertz CT molecular complexity index is 874. The summed E-state index contributed by atoms with van der Waals surface area (Å²) in [7, 11) is 0. The van der Waals surface area contributed by atoms with Gasteiger partial charge in [0.1, 0.15) is 0 Å². The molecule has 4 N–H and O–H groups in total. The summed E-state index contributed by atoms with van der Waals surface area (Å²) in [6.07, 6.45) is 0. The molecule has 0 fully saturated rings. The van der Waals surface area contributed by atoms with Gasteiger partial charge in [0, 0.05) is 11.1 Å². The van der Waals surface area contributed by atoms with Gasteiger partial charge in [0.25, 0.3) is 0 Å². The average Bonchev–Trinajstić information content (AvgIpc) is 2.96. The molecule has 3 rings (SSSR count). The summed E-state index contributed by atoms with van der Waals surface area (Å²) in [5.74, 6) is 4.44. The summed E-state index contributed by atoms with van der Waals surface area (Å²) in [4.78, 5) is 22.1. The Morgan fingerprint density at radius 3 is 1.62 bits per heavy atom. The van der Waals surface area contributed by atoms with Crippen LogP contribution in [-0.4, -0.2) is 37.0 Å². The second kappa shape index (κ2) is 5.84. The van der Waals surface area contributed by atoms with E-state index in [1.165, 1.54) is 28.9 Å². The zero-order chi connectivity index (χ0) is 17.3. The van der Waals surface area contributed by atoms with Crippen LogP contribution in [0.1, 0.15) is 20.7 Å². The standard InChI is InChI=1S/C16H12N4O4/c17-20-13(9-3-1-5-11(7-9)15(21)22)18-19-14(20)10-4-2-6-12(8-10)16(23)24/h1-8H,17H2,(H,21,22)(H,23,24). The molecule has 0 unspecified atom stereocenters. The van der Waals surface area contributed by atoms with Crippen LogP contribution in [0.3, 0.4) is 0 Å². The van der Waals surface area contributed by atoms with Crippen LogP contribution in [0, 0.1) is 0 Å². The first kappa shape index (κ1) is 15.2. The average molecular weight is 324 g/mol. The highest BCUT2D eigenvalue weighted by molar-refractivity contribution is 5.90. The number of nitrogen functional groups attached to an aromatic ring is 1. The molecule has 2 aromatic carbocycles. The monoisotopic (exact) mass is 324 g/mol. The molecule has 0 spiro atoms. The van der Waals surface area contributed by atoms with Crippen LogP contribution in [0.2, 0.25) is 0 Å². The summed E-state index contributed by atoms with van der Waals surface area (Å²) in [5, 5.41) is 26.1. The number of aromatic nitrogens is 3. The fourth-order valence-corrected chi connectivity index (χ4v) is 2.27. The fraction of sp³-hybridized carbons (Fsp3) is 0. The van der Waals surface area contributed by atoms with Crippen LogP contribution in [0.25, 0.3) is 22.8 Å². The molecule has 0 atom stereocenters. The molecule has 0 radical (unpaired) electrons. The molecule has 0 saturated carbocycles. The van der Waals surface area contributed by atoms with E-state index in [0.29, 0.717) is 11.1 Å². The molecule has 120 valence electrons. The number of rotatable bonds is 4. The third kappa shape index (κ3) is 2.68. The van der Waals surface area contributed by atoms with Crippen LogP contribution >= 0.6 is 0 Å². The van der Waals surface area contributed by atoms with Crippen molar-refractivity contribution in [2.24, 2.45) is 0 Å². The van der Waals surface area contributed by atoms with Crippen molar-refractivity contribution in [1.29, 1.82) is 0 Å². The lowest BCUT2D eigenvalue weighted by molar-refractivity contribution is 0.0686. The van der Waals surface area contributed by atoms with E-state index < -0.39 is 11.9 Å². The third-order valence-electron chi connectivity index (χ3n) is 3.43. The summed E-state index contributed by atoms with van der Waals surface area (Å²) in [6.45, 7) is 0. The Kier molecular flexibility index (Phi) is 3.70. The normalized spacial score (nSPS) is 10.5. The van der Waals surface area contributed by atoms with E-state index in [-0.39, 0.29) is 22.8 Å². The van der Waals surface area contributed by atoms with Crippen LogP contribution < -0.4 is 5.84 Å². The van der Waals surface area contributed by atoms with E-state index >= 15 is 0 Å². The fourth-order valence-electron chi connectivity index (χ4n) is 2.27. The van der Waals surface area contributed by atoms with Crippen molar-refractivity contribution in [1.82, 2.24) is 14.9 Å². The highest BCUT2D eigenvalue weighted by atomic mass is 16.4. The first-order valence-corrected chi connectivity index (χ1v) is 6.85. The first-order chi connectivity index (χ1) is 11.5. The Morgan fingerprint density at radius 2 is 1.25 bits per heavy atom. The third-order valence-corrected chi connectivity index (χ3v) is 3.43. The number of carbonyl (C=O) groups is 2. The van der Waals surface area contributed by atoms with E-state index in [0.717, 1.165) is 0 Å². The van der Waals surface area contributed by atoms with Gasteiger partial charge >= 0.3 is 11.9 Å². The van der Waals surface area contributed by atoms with Gasteiger partial charge in [-0.3, -0.25) is 0 Å². The summed E-state index contributed by atoms with van der Waals surface area (Å²) in [6, 6.07) is 12.3. The molecule has 3 aromatic rings.